The van der Waals surface area contributed by atoms with E-state index in [0.29, 0.717) is 11.8 Å². The van der Waals surface area contributed by atoms with Gasteiger partial charge in [0.05, 0.1) is 6.10 Å². The molecule has 2 saturated heterocycles. The fourth-order valence-corrected chi connectivity index (χ4v) is 4.91. The fraction of sp³-hybridized carbons (Fsp3) is 0.938. The molecule has 2 heterocycles. The molecule has 1 amide bonds. The number of piperidine rings is 1. The summed E-state index contributed by atoms with van der Waals surface area (Å²) in [5, 5.41) is 0. The van der Waals surface area contributed by atoms with E-state index in [2.05, 4.69) is 27.7 Å². The van der Waals surface area contributed by atoms with Gasteiger partial charge in [0.25, 0.3) is 0 Å². The second-order valence-corrected chi connectivity index (χ2v) is 7.93. The molecule has 4 nitrogen and oxygen atoms in total. The number of ether oxygens (including phenoxy) is 1. The van der Waals surface area contributed by atoms with Crippen molar-refractivity contribution in [1.29, 1.82) is 0 Å². The minimum absolute atomic E-state index is 0.160. The Morgan fingerprint density at radius 2 is 1.85 bits per heavy atom. The first kappa shape index (κ1) is 14.3. The minimum atomic E-state index is -0.731. The highest BCUT2D eigenvalue weighted by Gasteiger charge is 2.72. The Hall–Kier alpha value is -0.610. The van der Waals surface area contributed by atoms with E-state index in [4.69, 9.17) is 10.5 Å². The van der Waals surface area contributed by atoms with Crippen LogP contribution >= 0.6 is 0 Å². The van der Waals surface area contributed by atoms with Crippen LogP contribution in [0.5, 0.6) is 0 Å². The lowest BCUT2D eigenvalue weighted by molar-refractivity contribution is -0.186. The molecule has 4 heteroatoms. The molecular weight excluding hydrogens is 252 g/mol. The molecule has 5 atom stereocenters. The Morgan fingerprint density at radius 1 is 1.25 bits per heavy atom. The van der Waals surface area contributed by atoms with E-state index in [1.54, 1.807) is 0 Å². The van der Waals surface area contributed by atoms with Crippen molar-refractivity contribution in [3.05, 3.63) is 0 Å². The zero-order valence-electron chi connectivity index (χ0n) is 13.2. The Morgan fingerprint density at radius 3 is 2.45 bits per heavy atom. The molecule has 114 valence electrons. The maximum atomic E-state index is 13.1. The van der Waals surface area contributed by atoms with Crippen molar-refractivity contribution >= 4 is 5.91 Å². The number of carbonyl (C=O) groups excluding carboxylic acids is 1. The standard InChI is InChI=1S/C16H28N2O2/c1-10-7-11(2)9-18(8-10)14(19)16(17)12-5-6-20-13(12)15(16,3)4/h10-13H,5-9,17H2,1-4H3. The summed E-state index contributed by atoms with van der Waals surface area (Å²) in [4.78, 5) is 15.1. The highest BCUT2D eigenvalue weighted by Crippen LogP contribution is 2.58. The zero-order chi connectivity index (χ0) is 14.7. The number of carbonyl (C=O) groups is 1. The van der Waals surface area contributed by atoms with Crippen molar-refractivity contribution in [2.45, 2.75) is 52.2 Å². The number of nitrogens with zero attached hydrogens (tertiary/aromatic N) is 1. The Bertz CT molecular complexity index is 413. The monoisotopic (exact) mass is 280 g/mol. The summed E-state index contributed by atoms with van der Waals surface area (Å²) < 4.78 is 5.79. The van der Waals surface area contributed by atoms with Crippen LogP contribution in [-0.4, -0.2) is 42.1 Å². The largest absolute Gasteiger partial charge is 0.377 e. The van der Waals surface area contributed by atoms with Crippen molar-refractivity contribution in [2.75, 3.05) is 19.7 Å². The lowest BCUT2D eigenvalue weighted by atomic mass is 9.47. The second-order valence-electron chi connectivity index (χ2n) is 7.93. The maximum absolute atomic E-state index is 13.1. The number of amides is 1. The molecule has 2 N–H and O–H groups in total. The van der Waals surface area contributed by atoms with Crippen LogP contribution in [0, 0.1) is 23.2 Å². The van der Waals surface area contributed by atoms with Gasteiger partial charge in [0.1, 0.15) is 5.54 Å². The fourth-order valence-electron chi connectivity index (χ4n) is 4.91. The zero-order valence-corrected chi connectivity index (χ0v) is 13.2. The summed E-state index contributed by atoms with van der Waals surface area (Å²) >= 11 is 0. The van der Waals surface area contributed by atoms with E-state index in [1.165, 1.54) is 6.42 Å². The van der Waals surface area contributed by atoms with Gasteiger partial charge in [0.2, 0.25) is 5.91 Å². The molecule has 0 aromatic rings. The number of rotatable bonds is 1. The van der Waals surface area contributed by atoms with Gasteiger partial charge in [-0.15, -0.1) is 0 Å². The van der Waals surface area contributed by atoms with Crippen LogP contribution in [0.3, 0.4) is 0 Å². The lowest BCUT2D eigenvalue weighted by Crippen LogP contribution is -2.80. The van der Waals surface area contributed by atoms with Gasteiger partial charge in [-0.05, 0) is 24.7 Å². The summed E-state index contributed by atoms with van der Waals surface area (Å²) in [5.41, 5.74) is 5.67. The molecule has 0 spiro atoms. The summed E-state index contributed by atoms with van der Waals surface area (Å²) in [5.74, 6) is 1.51. The topological polar surface area (TPSA) is 55.6 Å². The number of nitrogens with two attached hydrogens (primary N) is 1. The lowest BCUT2D eigenvalue weighted by Gasteiger charge is -2.62. The molecule has 2 aliphatic heterocycles. The molecule has 0 aromatic heterocycles. The first-order valence-electron chi connectivity index (χ1n) is 7.98. The van der Waals surface area contributed by atoms with Crippen molar-refractivity contribution in [1.82, 2.24) is 4.90 Å². The third-order valence-corrected chi connectivity index (χ3v) is 5.96. The summed E-state index contributed by atoms with van der Waals surface area (Å²) in [6.45, 7) is 11.1. The van der Waals surface area contributed by atoms with Gasteiger partial charge >= 0.3 is 0 Å². The SMILES string of the molecule is CC1CC(C)CN(C(=O)C2(N)C3CCOC3C2(C)C)C1. The highest BCUT2D eigenvalue weighted by molar-refractivity contribution is 5.89. The average molecular weight is 280 g/mol. The normalized spacial score (nSPS) is 46.8. The molecule has 3 aliphatic rings. The van der Waals surface area contributed by atoms with E-state index in [1.807, 2.05) is 4.90 Å². The Balaban J connectivity index is 1.82. The van der Waals surface area contributed by atoms with E-state index in [9.17, 15) is 4.79 Å². The second kappa shape index (κ2) is 4.44. The van der Waals surface area contributed by atoms with E-state index < -0.39 is 5.54 Å². The van der Waals surface area contributed by atoms with Crippen LogP contribution in [0.4, 0.5) is 0 Å². The van der Waals surface area contributed by atoms with Gasteiger partial charge in [-0.3, -0.25) is 4.79 Å². The summed E-state index contributed by atoms with van der Waals surface area (Å²) in [7, 11) is 0. The number of hydrogen-bond acceptors (Lipinski definition) is 3. The molecule has 0 aromatic carbocycles. The third kappa shape index (κ3) is 1.70. The summed E-state index contributed by atoms with van der Waals surface area (Å²) in [6, 6.07) is 0. The molecule has 3 rings (SSSR count). The first-order chi connectivity index (χ1) is 9.28. The third-order valence-electron chi connectivity index (χ3n) is 5.96. The smallest absolute Gasteiger partial charge is 0.243 e. The van der Waals surface area contributed by atoms with Crippen LogP contribution in [0.15, 0.2) is 0 Å². The number of hydrogen-bond donors (Lipinski definition) is 1. The van der Waals surface area contributed by atoms with E-state index in [0.717, 1.165) is 26.1 Å². The molecule has 1 aliphatic carbocycles. The molecule has 0 bridgehead atoms. The van der Waals surface area contributed by atoms with E-state index >= 15 is 0 Å². The molecule has 3 fully saturated rings. The van der Waals surface area contributed by atoms with Crippen molar-refractivity contribution in [2.24, 2.45) is 28.9 Å². The average Bonchev–Trinajstić information content (AvgIpc) is 2.83. The van der Waals surface area contributed by atoms with Crippen molar-refractivity contribution < 1.29 is 9.53 Å². The van der Waals surface area contributed by atoms with Gasteiger partial charge in [-0.25, -0.2) is 0 Å². The van der Waals surface area contributed by atoms with Crippen LogP contribution in [0.1, 0.15) is 40.5 Å². The van der Waals surface area contributed by atoms with Gasteiger partial charge in [0.15, 0.2) is 0 Å². The molecule has 5 unspecified atom stereocenters. The maximum Gasteiger partial charge on any atom is 0.243 e. The van der Waals surface area contributed by atoms with Gasteiger partial charge < -0.3 is 15.4 Å². The molecule has 0 radical (unpaired) electrons. The quantitative estimate of drug-likeness (QED) is 0.794. The Labute approximate surface area is 122 Å². The molecular formula is C16H28N2O2. The van der Waals surface area contributed by atoms with Crippen LogP contribution in [0.2, 0.25) is 0 Å². The van der Waals surface area contributed by atoms with Gasteiger partial charge in [-0.2, -0.15) is 0 Å². The number of fused-ring (bicyclic) bond motifs is 1. The van der Waals surface area contributed by atoms with Crippen molar-refractivity contribution in [3.63, 3.8) is 0 Å². The van der Waals surface area contributed by atoms with E-state index in [-0.39, 0.29) is 23.3 Å². The van der Waals surface area contributed by atoms with Crippen LogP contribution < -0.4 is 5.73 Å². The Kier molecular flexibility index (Phi) is 3.18. The summed E-state index contributed by atoms with van der Waals surface area (Å²) in [6.07, 6.45) is 2.30. The molecule has 20 heavy (non-hydrogen) atoms. The highest BCUT2D eigenvalue weighted by atomic mass is 16.5. The minimum Gasteiger partial charge on any atom is -0.377 e. The first-order valence-corrected chi connectivity index (χ1v) is 7.98. The predicted octanol–water partition coefficient (Wildman–Crippen LogP) is 1.63. The molecule has 1 saturated carbocycles. The van der Waals surface area contributed by atoms with Gasteiger partial charge in [0, 0.05) is 31.0 Å². The van der Waals surface area contributed by atoms with Gasteiger partial charge in [-0.1, -0.05) is 27.7 Å². The van der Waals surface area contributed by atoms with Crippen LogP contribution in [0.25, 0.3) is 0 Å². The van der Waals surface area contributed by atoms with Crippen LogP contribution in [-0.2, 0) is 9.53 Å². The predicted molar refractivity (Wildman–Crippen MR) is 78.1 cm³/mol. The van der Waals surface area contributed by atoms with Crippen molar-refractivity contribution in [3.8, 4) is 0 Å². The number of likely N-dealkylation sites (tertiary alicyclic amines) is 1.